The van der Waals surface area contributed by atoms with Gasteiger partial charge in [-0.15, -0.1) is 0 Å². The summed E-state index contributed by atoms with van der Waals surface area (Å²) in [6, 6.07) is 0. The second-order valence-corrected chi connectivity index (χ2v) is 9.94. The van der Waals surface area contributed by atoms with Crippen LogP contribution in [0.1, 0.15) is 72.1 Å². The second-order valence-electron chi connectivity index (χ2n) is 9.94. The van der Waals surface area contributed by atoms with Gasteiger partial charge in [-0.1, -0.05) is 19.9 Å². The summed E-state index contributed by atoms with van der Waals surface area (Å²) in [6.07, 6.45) is 10.5. The first-order valence-electron chi connectivity index (χ1n) is 10.1. The molecule has 0 heterocycles. The molecule has 0 saturated heterocycles. The van der Waals surface area contributed by atoms with Gasteiger partial charge in [0.2, 0.25) is 0 Å². The SMILES string of the molecule is C[C@H](O)[C@@]1(O)CC[C@H]2[C@@H]3CC[C@H]4CC(N)=CC[C@]4(C)[C@H]3CC[C@@]21C. The van der Waals surface area contributed by atoms with Crippen molar-refractivity contribution in [3.05, 3.63) is 11.8 Å². The van der Waals surface area contributed by atoms with Crippen LogP contribution in [0.5, 0.6) is 0 Å². The van der Waals surface area contributed by atoms with Gasteiger partial charge in [-0.25, -0.2) is 0 Å². The molecule has 3 heteroatoms. The van der Waals surface area contributed by atoms with Crippen molar-refractivity contribution in [3.8, 4) is 0 Å². The fourth-order valence-electron chi connectivity index (χ4n) is 7.64. The van der Waals surface area contributed by atoms with Crippen LogP contribution < -0.4 is 5.73 Å². The number of fused-ring (bicyclic) bond motifs is 5. The lowest BCUT2D eigenvalue weighted by atomic mass is 9.45. The highest BCUT2D eigenvalue weighted by Crippen LogP contribution is 2.68. The summed E-state index contributed by atoms with van der Waals surface area (Å²) in [5.74, 6) is 2.78. The summed E-state index contributed by atoms with van der Waals surface area (Å²) in [5, 5.41) is 21.6. The lowest BCUT2D eigenvalue weighted by molar-refractivity contribution is -0.180. The first-order valence-corrected chi connectivity index (χ1v) is 10.1. The number of hydrogen-bond acceptors (Lipinski definition) is 3. The van der Waals surface area contributed by atoms with Gasteiger partial charge in [-0.3, -0.25) is 0 Å². The Hall–Kier alpha value is -0.540. The maximum Gasteiger partial charge on any atom is 0.0958 e. The third kappa shape index (κ3) is 1.97. The van der Waals surface area contributed by atoms with Crippen molar-refractivity contribution in [3.63, 3.8) is 0 Å². The fraction of sp³-hybridized carbons (Fsp3) is 0.905. The van der Waals surface area contributed by atoms with Crippen LogP contribution in [0, 0.1) is 34.5 Å². The van der Waals surface area contributed by atoms with Crippen molar-refractivity contribution >= 4 is 0 Å². The predicted octanol–water partition coefficient (Wildman–Crippen LogP) is 3.59. The maximum atomic E-state index is 11.3. The second kappa shape index (κ2) is 5.23. The third-order valence-corrected chi connectivity index (χ3v) is 9.26. The summed E-state index contributed by atoms with van der Waals surface area (Å²) >= 11 is 0. The Bertz CT molecular complexity index is 558. The number of aliphatic hydroxyl groups excluding tert-OH is 1. The number of hydrogen-bond donors (Lipinski definition) is 3. The molecule has 8 atom stereocenters. The first-order chi connectivity index (χ1) is 11.2. The molecule has 3 nitrogen and oxygen atoms in total. The van der Waals surface area contributed by atoms with E-state index in [2.05, 4.69) is 19.9 Å². The van der Waals surface area contributed by atoms with Crippen LogP contribution in [-0.2, 0) is 0 Å². The summed E-state index contributed by atoms with van der Waals surface area (Å²) in [4.78, 5) is 0. The average molecular weight is 334 g/mol. The molecule has 0 bridgehead atoms. The van der Waals surface area contributed by atoms with E-state index in [1.165, 1.54) is 19.3 Å². The molecule has 4 rings (SSSR count). The molecule has 0 radical (unpaired) electrons. The molecular formula is C21H35NO2. The largest absolute Gasteiger partial charge is 0.402 e. The molecule has 3 saturated carbocycles. The van der Waals surface area contributed by atoms with Gasteiger partial charge in [0.1, 0.15) is 0 Å². The molecule has 4 aliphatic carbocycles. The van der Waals surface area contributed by atoms with E-state index >= 15 is 0 Å². The minimum atomic E-state index is -0.892. The molecule has 136 valence electrons. The van der Waals surface area contributed by atoms with Crippen molar-refractivity contribution in [2.24, 2.45) is 40.2 Å². The lowest BCUT2D eigenvalue weighted by Crippen LogP contribution is -2.58. The molecule has 0 amide bonds. The monoisotopic (exact) mass is 333 g/mol. The van der Waals surface area contributed by atoms with E-state index in [9.17, 15) is 10.2 Å². The summed E-state index contributed by atoms with van der Waals surface area (Å²) < 4.78 is 0. The predicted molar refractivity (Wildman–Crippen MR) is 96.0 cm³/mol. The van der Waals surface area contributed by atoms with Gasteiger partial charge in [0, 0.05) is 11.1 Å². The zero-order chi connectivity index (χ0) is 17.3. The van der Waals surface area contributed by atoms with Crippen molar-refractivity contribution in [2.75, 3.05) is 0 Å². The highest BCUT2D eigenvalue weighted by molar-refractivity contribution is 5.18. The first kappa shape index (κ1) is 16.9. The van der Waals surface area contributed by atoms with Gasteiger partial charge in [0.15, 0.2) is 0 Å². The van der Waals surface area contributed by atoms with Crippen LogP contribution in [0.4, 0.5) is 0 Å². The Morgan fingerprint density at radius 3 is 2.54 bits per heavy atom. The minimum absolute atomic E-state index is 0.116. The lowest BCUT2D eigenvalue weighted by Gasteiger charge is -2.61. The Labute approximate surface area is 146 Å². The van der Waals surface area contributed by atoms with Crippen molar-refractivity contribution in [1.29, 1.82) is 0 Å². The van der Waals surface area contributed by atoms with Gasteiger partial charge >= 0.3 is 0 Å². The van der Waals surface area contributed by atoms with Crippen LogP contribution in [-0.4, -0.2) is 21.9 Å². The van der Waals surface area contributed by atoms with E-state index < -0.39 is 11.7 Å². The smallest absolute Gasteiger partial charge is 0.0958 e. The standard InChI is InChI=1S/C21H35NO2/c1-13(23)21(24)11-8-18-16-5-4-14-12-15(22)6-9-19(14,2)17(16)7-10-20(18,21)3/h6,13-14,16-18,23-24H,4-5,7-12,22H2,1-3H3/t13-,14-,16+,17-,18-,19-,20-,21-/m0/s1. The van der Waals surface area contributed by atoms with Crippen molar-refractivity contribution in [2.45, 2.75) is 83.8 Å². The summed E-state index contributed by atoms with van der Waals surface area (Å²) in [7, 11) is 0. The number of allylic oxidation sites excluding steroid dienone is 2. The molecule has 0 spiro atoms. The molecule has 3 fully saturated rings. The van der Waals surface area contributed by atoms with E-state index in [-0.39, 0.29) is 5.41 Å². The topological polar surface area (TPSA) is 66.5 Å². The zero-order valence-corrected chi connectivity index (χ0v) is 15.6. The van der Waals surface area contributed by atoms with Gasteiger partial charge in [0.05, 0.1) is 11.7 Å². The summed E-state index contributed by atoms with van der Waals surface area (Å²) in [5.41, 5.74) is 6.62. The molecular weight excluding hydrogens is 298 g/mol. The number of rotatable bonds is 1. The van der Waals surface area contributed by atoms with E-state index in [4.69, 9.17) is 5.73 Å². The van der Waals surface area contributed by atoms with Gasteiger partial charge in [-0.05, 0) is 87.4 Å². The normalized spacial score (nSPS) is 55.1. The Morgan fingerprint density at radius 1 is 1.12 bits per heavy atom. The summed E-state index contributed by atoms with van der Waals surface area (Å²) in [6.45, 7) is 6.56. The number of aliphatic hydroxyl groups is 2. The molecule has 0 aromatic carbocycles. The highest BCUT2D eigenvalue weighted by atomic mass is 16.3. The molecule has 0 aromatic rings. The van der Waals surface area contributed by atoms with Crippen molar-refractivity contribution < 1.29 is 10.2 Å². The zero-order valence-electron chi connectivity index (χ0n) is 15.6. The molecule has 0 unspecified atom stereocenters. The quantitative estimate of drug-likeness (QED) is 0.687. The van der Waals surface area contributed by atoms with Crippen LogP contribution in [0.25, 0.3) is 0 Å². The van der Waals surface area contributed by atoms with E-state index in [0.29, 0.717) is 17.3 Å². The van der Waals surface area contributed by atoms with Crippen LogP contribution in [0.3, 0.4) is 0 Å². The molecule has 4 aliphatic rings. The highest BCUT2D eigenvalue weighted by Gasteiger charge is 2.65. The van der Waals surface area contributed by atoms with Gasteiger partial charge < -0.3 is 15.9 Å². The van der Waals surface area contributed by atoms with E-state index in [0.717, 1.165) is 49.6 Å². The molecule has 0 aliphatic heterocycles. The van der Waals surface area contributed by atoms with Gasteiger partial charge in [-0.2, -0.15) is 0 Å². The van der Waals surface area contributed by atoms with Gasteiger partial charge in [0.25, 0.3) is 0 Å². The minimum Gasteiger partial charge on any atom is -0.402 e. The Morgan fingerprint density at radius 2 is 1.83 bits per heavy atom. The van der Waals surface area contributed by atoms with Crippen molar-refractivity contribution in [1.82, 2.24) is 0 Å². The fourth-order valence-corrected chi connectivity index (χ4v) is 7.64. The van der Waals surface area contributed by atoms with E-state index in [1.807, 2.05) is 0 Å². The average Bonchev–Trinajstić information content (AvgIpc) is 2.81. The Balaban J connectivity index is 1.66. The third-order valence-electron chi connectivity index (χ3n) is 9.26. The molecule has 24 heavy (non-hydrogen) atoms. The van der Waals surface area contributed by atoms with E-state index in [1.54, 1.807) is 6.92 Å². The van der Waals surface area contributed by atoms with Crippen LogP contribution >= 0.6 is 0 Å². The Kier molecular flexibility index (Phi) is 3.69. The molecule has 4 N–H and O–H groups in total. The maximum absolute atomic E-state index is 11.3. The molecule has 0 aromatic heterocycles. The van der Waals surface area contributed by atoms with Crippen LogP contribution in [0.15, 0.2) is 11.8 Å². The van der Waals surface area contributed by atoms with Crippen LogP contribution in [0.2, 0.25) is 0 Å². The number of nitrogens with two attached hydrogens (primary N) is 1.